The summed E-state index contributed by atoms with van der Waals surface area (Å²) in [4.78, 5) is 4.83. The fraction of sp³-hybridized carbons (Fsp3) is 0.800. The van der Waals surface area contributed by atoms with E-state index in [2.05, 4.69) is 25.9 Å². The van der Waals surface area contributed by atoms with E-state index >= 15 is 0 Å². The third kappa shape index (κ3) is 3.02. The van der Waals surface area contributed by atoms with E-state index in [0.29, 0.717) is 4.83 Å². The number of oxime groups is 1. The van der Waals surface area contributed by atoms with Gasteiger partial charge in [-0.25, -0.2) is 0 Å². The van der Waals surface area contributed by atoms with Gasteiger partial charge in [0, 0.05) is 0 Å². The third-order valence-electron chi connectivity index (χ3n) is 0.811. The monoisotopic (exact) mass is 179 g/mol. The lowest BCUT2D eigenvalue weighted by Crippen LogP contribution is -2.04. The van der Waals surface area contributed by atoms with Crippen molar-refractivity contribution in [1.29, 1.82) is 0 Å². The number of hydrogen-bond donors (Lipinski definition) is 0. The Bertz CT molecular complexity index is 90.4. The standard InChI is InChI=1S/C5H10BrNO/c1-4(6)5(2)7-8-3/h4H,1-3H3/b7-5+. The highest BCUT2D eigenvalue weighted by molar-refractivity contribution is 9.10. The minimum atomic E-state index is 0.308. The SMILES string of the molecule is CO/N=C(\C)C(C)Br. The highest BCUT2D eigenvalue weighted by Crippen LogP contribution is 1.99. The molecular formula is C5H10BrNO. The van der Waals surface area contributed by atoms with E-state index in [0.717, 1.165) is 5.71 Å². The number of alkyl halides is 1. The van der Waals surface area contributed by atoms with E-state index in [-0.39, 0.29) is 0 Å². The fourth-order valence-electron chi connectivity index (χ4n) is 0.217. The molecule has 0 bridgehead atoms. The molecule has 0 heterocycles. The van der Waals surface area contributed by atoms with E-state index in [1.807, 2.05) is 13.8 Å². The molecule has 0 aromatic rings. The summed E-state index contributed by atoms with van der Waals surface area (Å²) in [6.45, 7) is 3.90. The number of hydrogen-bond acceptors (Lipinski definition) is 2. The molecule has 0 saturated carbocycles. The highest BCUT2D eigenvalue weighted by atomic mass is 79.9. The molecule has 0 aliphatic carbocycles. The van der Waals surface area contributed by atoms with Crippen molar-refractivity contribution in [3.8, 4) is 0 Å². The van der Waals surface area contributed by atoms with Crippen molar-refractivity contribution in [2.45, 2.75) is 18.7 Å². The van der Waals surface area contributed by atoms with Gasteiger partial charge < -0.3 is 4.84 Å². The van der Waals surface area contributed by atoms with Gasteiger partial charge in [0.15, 0.2) is 0 Å². The van der Waals surface area contributed by atoms with Gasteiger partial charge in [0.1, 0.15) is 7.11 Å². The molecule has 3 heteroatoms. The summed E-state index contributed by atoms with van der Waals surface area (Å²) in [5.74, 6) is 0. The number of rotatable bonds is 2. The zero-order chi connectivity index (χ0) is 6.57. The topological polar surface area (TPSA) is 21.6 Å². The van der Waals surface area contributed by atoms with E-state index in [1.54, 1.807) is 7.11 Å². The summed E-state index contributed by atoms with van der Waals surface area (Å²) in [5, 5.41) is 3.69. The zero-order valence-corrected chi connectivity index (χ0v) is 6.90. The first-order valence-corrected chi connectivity index (χ1v) is 3.31. The Morgan fingerprint density at radius 1 is 1.75 bits per heavy atom. The molecule has 0 spiro atoms. The maximum Gasteiger partial charge on any atom is 0.106 e. The van der Waals surface area contributed by atoms with E-state index in [9.17, 15) is 0 Å². The molecule has 0 rings (SSSR count). The van der Waals surface area contributed by atoms with Gasteiger partial charge in [0.05, 0.1) is 10.5 Å². The maximum atomic E-state index is 4.52. The quantitative estimate of drug-likeness (QED) is 0.360. The van der Waals surface area contributed by atoms with Gasteiger partial charge in [0.2, 0.25) is 0 Å². The van der Waals surface area contributed by atoms with Gasteiger partial charge in [0.25, 0.3) is 0 Å². The second kappa shape index (κ2) is 3.89. The normalized spacial score (nSPS) is 15.8. The van der Waals surface area contributed by atoms with Crippen molar-refractivity contribution in [2.75, 3.05) is 7.11 Å². The second-order valence-electron chi connectivity index (χ2n) is 1.53. The summed E-state index contributed by atoms with van der Waals surface area (Å²) >= 11 is 3.33. The number of halogens is 1. The van der Waals surface area contributed by atoms with Gasteiger partial charge in [-0.3, -0.25) is 0 Å². The van der Waals surface area contributed by atoms with Crippen LogP contribution in [-0.4, -0.2) is 17.6 Å². The largest absolute Gasteiger partial charge is 0.399 e. The van der Waals surface area contributed by atoms with Crippen LogP contribution in [0, 0.1) is 0 Å². The molecule has 0 amide bonds. The van der Waals surface area contributed by atoms with Crippen molar-refractivity contribution >= 4 is 21.6 Å². The van der Waals surface area contributed by atoms with Gasteiger partial charge in [-0.2, -0.15) is 0 Å². The Labute approximate surface area is 58.0 Å². The molecular weight excluding hydrogens is 170 g/mol. The Morgan fingerprint density at radius 2 is 2.25 bits per heavy atom. The maximum absolute atomic E-state index is 4.52. The first-order chi connectivity index (χ1) is 3.68. The molecule has 0 N–H and O–H groups in total. The van der Waals surface area contributed by atoms with Crippen LogP contribution in [0.4, 0.5) is 0 Å². The molecule has 1 unspecified atom stereocenters. The van der Waals surface area contributed by atoms with E-state index < -0.39 is 0 Å². The van der Waals surface area contributed by atoms with Crippen molar-refractivity contribution in [3.63, 3.8) is 0 Å². The zero-order valence-electron chi connectivity index (χ0n) is 5.31. The Morgan fingerprint density at radius 3 is 2.38 bits per heavy atom. The highest BCUT2D eigenvalue weighted by Gasteiger charge is 1.97. The molecule has 48 valence electrons. The van der Waals surface area contributed by atoms with Crippen LogP contribution in [0.15, 0.2) is 5.16 Å². The fourth-order valence-corrected chi connectivity index (χ4v) is 0.300. The molecule has 2 nitrogen and oxygen atoms in total. The lowest BCUT2D eigenvalue weighted by atomic mass is 10.3. The average Bonchev–Trinajstić information content (AvgIpc) is 1.67. The van der Waals surface area contributed by atoms with Crippen LogP contribution in [0.25, 0.3) is 0 Å². The molecule has 0 radical (unpaired) electrons. The van der Waals surface area contributed by atoms with Gasteiger partial charge in [-0.1, -0.05) is 21.1 Å². The second-order valence-corrected chi connectivity index (χ2v) is 2.90. The molecule has 1 atom stereocenters. The number of nitrogens with zero attached hydrogens (tertiary/aromatic N) is 1. The third-order valence-corrected chi connectivity index (χ3v) is 1.47. The average molecular weight is 180 g/mol. The van der Waals surface area contributed by atoms with Crippen LogP contribution in [0.1, 0.15) is 13.8 Å². The van der Waals surface area contributed by atoms with Gasteiger partial charge in [-0.15, -0.1) is 0 Å². The minimum Gasteiger partial charge on any atom is -0.399 e. The predicted molar refractivity (Wildman–Crippen MR) is 38.5 cm³/mol. The van der Waals surface area contributed by atoms with Gasteiger partial charge in [-0.05, 0) is 13.8 Å². The van der Waals surface area contributed by atoms with Crippen LogP contribution >= 0.6 is 15.9 Å². The molecule has 0 saturated heterocycles. The Balaban J connectivity index is 3.61. The van der Waals surface area contributed by atoms with Crippen molar-refractivity contribution in [2.24, 2.45) is 5.16 Å². The van der Waals surface area contributed by atoms with Crippen LogP contribution in [0.2, 0.25) is 0 Å². The summed E-state index contributed by atoms with van der Waals surface area (Å²) in [7, 11) is 1.54. The summed E-state index contributed by atoms with van der Waals surface area (Å²) < 4.78 is 0. The van der Waals surface area contributed by atoms with Crippen molar-refractivity contribution in [3.05, 3.63) is 0 Å². The van der Waals surface area contributed by atoms with E-state index in [4.69, 9.17) is 0 Å². The molecule has 0 aliphatic rings. The van der Waals surface area contributed by atoms with Crippen molar-refractivity contribution in [1.82, 2.24) is 0 Å². The first kappa shape index (κ1) is 7.95. The van der Waals surface area contributed by atoms with Crippen LogP contribution in [0.5, 0.6) is 0 Å². The summed E-state index contributed by atoms with van der Waals surface area (Å²) in [6, 6.07) is 0. The lowest BCUT2D eigenvalue weighted by molar-refractivity contribution is 0.212. The molecule has 0 aromatic heterocycles. The van der Waals surface area contributed by atoms with Crippen LogP contribution in [0.3, 0.4) is 0 Å². The smallest absolute Gasteiger partial charge is 0.106 e. The summed E-state index contributed by atoms with van der Waals surface area (Å²) in [5.41, 5.74) is 0.951. The van der Waals surface area contributed by atoms with Gasteiger partial charge >= 0.3 is 0 Å². The summed E-state index contributed by atoms with van der Waals surface area (Å²) in [6.07, 6.45) is 0. The van der Waals surface area contributed by atoms with E-state index in [1.165, 1.54) is 0 Å². The Hall–Kier alpha value is -0.0500. The first-order valence-electron chi connectivity index (χ1n) is 2.40. The Kier molecular flexibility index (Phi) is 3.87. The van der Waals surface area contributed by atoms with Crippen LogP contribution in [-0.2, 0) is 4.84 Å². The van der Waals surface area contributed by atoms with Crippen LogP contribution < -0.4 is 0 Å². The minimum absolute atomic E-state index is 0.308. The lowest BCUT2D eigenvalue weighted by Gasteiger charge is -1.98. The predicted octanol–water partition coefficient (Wildman–Crippen LogP) is 1.79. The molecule has 0 aromatic carbocycles. The molecule has 0 aliphatic heterocycles. The van der Waals surface area contributed by atoms with Crippen molar-refractivity contribution < 1.29 is 4.84 Å². The molecule has 8 heavy (non-hydrogen) atoms. The molecule has 0 fully saturated rings.